The number of aromatic nitrogens is 2. The first-order valence-corrected chi connectivity index (χ1v) is 19.2. The van der Waals surface area contributed by atoms with Crippen LogP contribution in [-0.4, -0.2) is 9.55 Å². The fraction of sp³-hybridized carbons (Fsp3) is 0. The van der Waals surface area contributed by atoms with E-state index in [0.29, 0.717) is 5.89 Å². The SMILES string of the molecule is c1ccc(-c2nc3c(ccc4oc5cc(N(c6ccc7sc8ccccc8c7c6)c6ccc7c8ccccc8n(-c8ccccc8)c7c6)ccc5c43)o2)cc1. The molecule has 4 heterocycles. The average Bonchev–Trinajstić information content (AvgIpc) is 4.01. The molecule has 8 aromatic carbocycles. The molecular formula is C49H29N3O2S. The summed E-state index contributed by atoms with van der Waals surface area (Å²) in [5.74, 6) is 0.597. The first-order valence-electron chi connectivity index (χ1n) is 18.4. The molecule has 0 N–H and O–H groups in total. The van der Waals surface area contributed by atoms with Gasteiger partial charge in [-0.15, -0.1) is 11.3 Å². The van der Waals surface area contributed by atoms with Gasteiger partial charge in [-0.25, -0.2) is 4.98 Å². The summed E-state index contributed by atoms with van der Waals surface area (Å²) in [7, 11) is 0. The molecule has 12 aromatic rings. The van der Waals surface area contributed by atoms with Crippen molar-refractivity contribution in [3.63, 3.8) is 0 Å². The minimum Gasteiger partial charge on any atom is -0.456 e. The minimum absolute atomic E-state index is 0.597. The average molecular weight is 724 g/mol. The van der Waals surface area contributed by atoms with Crippen molar-refractivity contribution in [1.82, 2.24) is 9.55 Å². The molecule has 0 saturated carbocycles. The minimum atomic E-state index is 0.597. The second kappa shape index (κ2) is 11.7. The van der Waals surface area contributed by atoms with Crippen molar-refractivity contribution in [2.24, 2.45) is 0 Å². The van der Waals surface area contributed by atoms with E-state index in [2.05, 4.69) is 143 Å². The van der Waals surface area contributed by atoms with Gasteiger partial charge in [0, 0.05) is 70.7 Å². The van der Waals surface area contributed by atoms with Gasteiger partial charge in [0.1, 0.15) is 16.7 Å². The second-order valence-corrected chi connectivity index (χ2v) is 15.0. The molecule has 12 rings (SSSR count). The summed E-state index contributed by atoms with van der Waals surface area (Å²) in [6, 6.07) is 62.1. The molecule has 0 atom stereocenters. The zero-order chi connectivity index (χ0) is 36.0. The third-order valence-electron chi connectivity index (χ3n) is 10.8. The monoisotopic (exact) mass is 723 g/mol. The fourth-order valence-electron chi connectivity index (χ4n) is 8.34. The summed E-state index contributed by atoms with van der Waals surface area (Å²) >= 11 is 1.83. The molecule has 0 unspecified atom stereocenters. The van der Waals surface area contributed by atoms with Crippen LogP contribution in [0.5, 0.6) is 0 Å². The van der Waals surface area contributed by atoms with E-state index in [1.54, 1.807) is 0 Å². The summed E-state index contributed by atoms with van der Waals surface area (Å²) in [4.78, 5) is 7.33. The lowest BCUT2D eigenvalue weighted by atomic mass is 10.1. The molecular weight excluding hydrogens is 695 g/mol. The van der Waals surface area contributed by atoms with Crippen LogP contribution in [0.2, 0.25) is 0 Å². The summed E-state index contributed by atoms with van der Waals surface area (Å²) in [6.07, 6.45) is 0. The molecule has 0 aliphatic heterocycles. The van der Waals surface area contributed by atoms with Gasteiger partial charge in [0.15, 0.2) is 5.58 Å². The number of para-hydroxylation sites is 2. The number of thiophene rings is 1. The Balaban J connectivity index is 1.09. The Kier molecular flexibility index (Phi) is 6.44. The lowest BCUT2D eigenvalue weighted by Gasteiger charge is -2.26. The number of fused-ring (bicyclic) bond motifs is 11. The molecule has 0 radical (unpaired) electrons. The summed E-state index contributed by atoms with van der Waals surface area (Å²) in [5.41, 5.74) is 10.6. The van der Waals surface area contributed by atoms with Crippen molar-refractivity contribution < 1.29 is 8.83 Å². The van der Waals surface area contributed by atoms with Crippen molar-refractivity contribution in [3.8, 4) is 17.1 Å². The zero-order valence-electron chi connectivity index (χ0n) is 29.3. The van der Waals surface area contributed by atoms with Crippen molar-refractivity contribution in [3.05, 3.63) is 176 Å². The van der Waals surface area contributed by atoms with E-state index in [9.17, 15) is 0 Å². The molecule has 0 saturated heterocycles. The van der Waals surface area contributed by atoms with Crippen LogP contribution in [0.1, 0.15) is 0 Å². The predicted octanol–water partition coefficient (Wildman–Crippen LogP) is 14.3. The number of benzene rings is 8. The normalized spacial score (nSPS) is 12.0. The van der Waals surface area contributed by atoms with Crippen molar-refractivity contribution in [2.75, 3.05) is 4.90 Å². The summed E-state index contributed by atoms with van der Waals surface area (Å²) in [5, 5.41) is 6.90. The highest BCUT2D eigenvalue weighted by molar-refractivity contribution is 7.25. The summed E-state index contributed by atoms with van der Waals surface area (Å²) in [6.45, 7) is 0. The molecule has 5 nitrogen and oxygen atoms in total. The Labute approximate surface area is 318 Å². The maximum Gasteiger partial charge on any atom is 0.227 e. The van der Waals surface area contributed by atoms with Crippen LogP contribution in [0.15, 0.2) is 185 Å². The topological polar surface area (TPSA) is 47.3 Å². The van der Waals surface area contributed by atoms with E-state index >= 15 is 0 Å². The number of anilines is 3. The maximum atomic E-state index is 6.63. The fourth-order valence-corrected chi connectivity index (χ4v) is 9.42. The molecule has 0 spiro atoms. The Morgan fingerprint density at radius 2 is 1.11 bits per heavy atom. The van der Waals surface area contributed by atoms with Gasteiger partial charge in [-0.3, -0.25) is 0 Å². The Hall–Kier alpha value is -7.15. The first-order chi connectivity index (χ1) is 27.2. The van der Waals surface area contributed by atoms with Crippen LogP contribution >= 0.6 is 11.3 Å². The Bertz CT molecular complexity index is 3450. The molecule has 55 heavy (non-hydrogen) atoms. The van der Waals surface area contributed by atoms with Gasteiger partial charge in [-0.05, 0) is 91.0 Å². The quantitative estimate of drug-likeness (QED) is 0.177. The number of rotatable bonds is 5. The third kappa shape index (κ3) is 4.62. The highest BCUT2D eigenvalue weighted by Gasteiger charge is 2.21. The molecule has 0 aliphatic rings. The highest BCUT2D eigenvalue weighted by atomic mass is 32.1. The van der Waals surface area contributed by atoms with Crippen LogP contribution in [-0.2, 0) is 0 Å². The number of hydrogen-bond donors (Lipinski definition) is 0. The van der Waals surface area contributed by atoms with Gasteiger partial charge in [-0.2, -0.15) is 0 Å². The molecule has 0 bridgehead atoms. The lowest BCUT2D eigenvalue weighted by Crippen LogP contribution is -2.10. The van der Waals surface area contributed by atoms with Crippen LogP contribution < -0.4 is 4.90 Å². The molecule has 0 aliphatic carbocycles. The van der Waals surface area contributed by atoms with Crippen LogP contribution in [0, 0.1) is 0 Å². The standard InChI is InChI=1S/C49H29N3O2S/c1-3-11-30(12-4-1)49-50-48-43(54-49)25-24-42-47(48)38-23-20-34(29-44(38)53-42)51(32-21-26-46-39(27-32)37-16-8-10-18-45(37)55-46)33-19-22-36-35-15-7-9-17-40(35)52(41(36)28-33)31-13-5-2-6-14-31/h1-29H. The van der Waals surface area contributed by atoms with E-state index in [1.807, 2.05) is 53.8 Å². The Morgan fingerprint density at radius 1 is 0.455 bits per heavy atom. The first kappa shape index (κ1) is 30.3. The van der Waals surface area contributed by atoms with Crippen LogP contribution in [0.4, 0.5) is 17.1 Å². The van der Waals surface area contributed by atoms with E-state index in [1.165, 1.54) is 36.5 Å². The van der Waals surface area contributed by atoms with Gasteiger partial charge < -0.3 is 18.3 Å². The second-order valence-electron chi connectivity index (χ2n) is 14.0. The number of oxazole rings is 1. The number of hydrogen-bond acceptors (Lipinski definition) is 5. The predicted molar refractivity (Wildman–Crippen MR) is 229 cm³/mol. The van der Waals surface area contributed by atoms with Crippen LogP contribution in [0.3, 0.4) is 0 Å². The number of nitrogens with zero attached hydrogens (tertiary/aromatic N) is 3. The van der Waals surface area contributed by atoms with Gasteiger partial charge in [0.05, 0.1) is 16.4 Å². The largest absolute Gasteiger partial charge is 0.456 e. The van der Waals surface area contributed by atoms with Gasteiger partial charge >= 0.3 is 0 Å². The number of furan rings is 1. The maximum absolute atomic E-state index is 6.63. The third-order valence-corrected chi connectivity index (χ3v) is 12.0. The molecule has 0 amide bonds. The molecule has 6 heteroatoms. The van der Waals surface area contributed by atoms with Crippen molar-refractivity contribution in [2.45, 2.75) is 0 Å². The van der Waals surface area contributed by atoms with Crippen molar-refractivity contribution >= 4 is 103 Å². The van der Waals surface area contributed by atoms with E-state index in [4.69, 9.17) is 13.8 Å². The van der Waals surface area contributed by atoms with E-state index < -0.39 is 0 Å². The van der Waals surface area contributed by atoms with Gasteiger partial charge in [0.2, 0.25) is 5.89 Å². The molecule has 4 aromatic heterocycles. The van der Waals surface area contributed by atoms with E-state index in [0.717, 1.165) is 66.9 Å². The zero-order valence-corrected chi connectivity index (χ0v) is 30.1. The smallest absolute Gasteiger partial charge is 0.227 e. The highest BCUT2D eigenvalue weighted by Crippen LogP contribution is 2.45. The molecule has 0 fully saturated rings. The lowest BCUT2D eigenvalue weighted by molar-refractivity contribution is 0.619. The van der Waals surface area contributed by atoms with Gasteiger partial charge in [0.25, 0.3) is 0 Å². The molecule has 258 valence electrons. The summed E-state index contributed by atoms with van der Waals surface area (Å²) < 4.78 is 17.8. The van der Waals surface area contributed by atoms with E-state index in [-0.39, 0.29) is 0 Å². The Morgan fingerprint density at radius 3 is 1.98 bits per heavy atom. The van der Waals surface area contributed by atoms with Crippen molar-refractivity contribution in [1.29, 1.82) is 0 Å². The van der Waals surface area contributed by atoms with Gasteiger partial charge in [-0.1, -0.05) is 78.9 Å². The van der Waals surface area contributed by atoms with Crippen LogP contribution in [0.25, 0.3) is 92.2 Å².